The maximum atomic E-state index is 11.9. The summed E-state index contributed by atoms with van der Waals surface area (Å²) in [7, 11) is 0. The number of aromatic amines is 1. The molecule has 0 atom stereocenters. The van der Waals surface area contributed by atoms with Crippen molar-refractivity contribution >= 4 is 28.6 Å². The van der Waals surface area contributed by atoms with Gasteiger partial charge >= 0.3 is 11.7 Å². The molecule has 0 fully saturated rings. The fourth-order valence-electron chi connectivity index (χ4n) is 2.33. The van der Waals surface area contributed by atoms with Crippen molar-refractivity contribution in [1.82, 2.24) is 14.5 Å². The van der Waals surface area contributed by atoms with E-state index in [1.165, 1.54) is 6.20 Å². The summed E-state index contributed by atoms with van der Waals surface area (Å²) < 4.78 is 6.80. The highest BCUT2D eigenvalue weighted by Gasteiger charge is 2.12. The maximum Gasteiger partial charge on any atom is 0.341 e. The lowest BCUT2D eigenvalue weighted by Crippen LogP contribution is -2.18. The number of rotatable bonds is 5. The second-order valence-electron chi connectivity index (χ2n) is 4.93. The molecule has 23 heavy (non-hydrogen) atoms. The van der Waals surface area contributed by atoms with Gasteiger partial charge in [-0.2, -0.15) is 0 Å². The molecule has 0 aliphatic rings. The molecule has 6 nitrogen and oxygen atoms in total. The Bertz CT molecular complexity index is 901. The Kier molecular flexibility index (Phi) is 4.43. The van der Waals surface area contributed by atoms with E-state index in [0.717, 1.165) is 11.0 Å². The SMILES string of the molecule is O=C(OCCCn1c(=O)[nH]c2ccccc21)c1cccnc1Cl. The molecule has 1 aromatic carbocycles. The normalized spacial score (nSPS) is 10.8. The molecule has 2 heterocycles. The van der Waals surface area contributed by atoms with Crippen LogP contribution in [-0.4, -0.2) is 27.1 Å². The molecule has 0 aliphatic heterocycles. The van der Waals surface area contributed by atoms with E-state index in [1.54, 1.807) is 16.7 Å². The van der Waals surface area contributed by atoms with Gasteiger partial charge in [-0.05, 0) is 30.7 Å². The van der Waals surface area contributed by atoms with Crippen molar-refractivity contribution in [3.8, 4) is 0 Å². The van der Waals surface area contributed by atoms with Gasteiger partial charge in [-0.1, -0.05) is 23.7 Å². The largest absolute Gasteiger partial charge is 0.462 e. The number of hydrogen-bond donors (Lipinski definition) is 1. The number of nitrogens with one attached hydrogen (secondary N) is 1. The molecule has 1 N–H and O–H groups in total. The van der Waals surface area contributed by atoms with E-state index in [-0.39, 0.29) is 23.0 Å². The highest BCUT2D eigenvalue weighted by molar-refractivity contribution is 6.32. The van der Waals surface area contributed by atoms with Crippen LogP contribution >= 0.6 is 11.6 Å². The van der Waals surface area contributed by atoms with Crippen molar-refractivity contribution in [2.45, 2.75) is 13.0 Å². The molecule has 0 aliphatic carbocycles. The number of aromatic nitrogens is 3. The minimum Gasteiger partial charge on any atom is -0.462 e. The summed E-state index contributed by atoms with van der Waals surface area (Å²) >= 11 is 5.84. The number of H-pyrrole nitrogens is 1. The fraction of sp³-hybridized carbons (Fsp3) is 0.188. The number of carbonyl (C=O) groups excluding carboxylic acids is 1. The zero-order chi connectivity index (χ0) is 16.2. The van der Waals surface area contributed by atoms with Gasteiger partial charge in [0.15, 0.2) is 0 Å². The highest BCUT2D eigenvalue weighted by Crippen LogP contribution is 2.13. The Balaban J connectivity index is 1.59. The molecule has 0 saturated heterocycles. The number of imidazole rings is 1. The molecule has 0 bridgehead atoms. The van der Waals surface area contributed by atoms with Gasteiger partial charge in [-0.15, -0.1) is 0 Å². The molecule has 3 rings (SSSR count). The summed E-state index contributed by atoms with van der Waals surface area (Å²) in [5, 5.41) is 0.116. The van der Waals surface area contributed by atoms with Crippen LogP contribution in [0.2, 0.25) is 5.15 Å². The van der Waals surface area contributed by atoms with Gasteiger partial charge < -0.3 is 9.72 Å². The number of esters is 1. The number of para-hydroxylation sites is 2. The van der Waals surface area contributed by atoms with Crippen LogP contribution in [0.4, 0.5) is 0 Å². The zero-order valence-corrected chi connectivity index (χ0v) is 12.9. The minimum atomic E-state index is -0.519. The third-order valence-corrected chi connectivity index (χ3v) is 3.72. The van der Waals surface area contributed by atoms with Crippen molar-refractivity contribution in [3.63, 3.8) is 0 Å². The van der Waals surface area contributed by atoms with Gasteiger partial charge in [0.1, 0.15) is 5.15 Å². The van der Waals surface area contributed by atoms with Gasteiger partial charge in [0, 0.05) is 12.7 Å². The van der Waals surface area contributed by atoms with Crippen LogP contribution in [0.1, 0.15) is 16.8 Å². The van der Waals surface area contributed by atoms with Gasteiger partial charge in [0.2, 0.25) is 0 Å². The third kappa shape index (κ3) is 3.27. The summed E-state index contributed by atoms with van der Waals surface area (Å²) in [6.45, 7) is 0.646. The van der Waals surface area contributed by atoms with Crippen molar-refractivity contribution in [1.29, 1.82) is 0 Å². The second kappa shape index (κ2) is 6.66. The number of hydrogen-bond acceptors (Lipinski definition) is 4. The van der Waals surface area contributed by atoms with E-state index in [0.29, 0.717) is 13.0 Å². The number of carbonyl (C=O) groups is 1. The number of halogens is 1. The summed E-state index contributed by atoms with van der Waals surface area (Å²) in [4.78, 5) is 30.4. The second-order valence-corrected chi connectivity index (χ2v) is 5.29. The molecular formula is C16H14ClN3O3. The third-order valence-electron chi connectivity index (χ3n) is 3.42. The first kappa shape index (κ1) is 15.3. The fourth-order valence-corrected chi connectivity index (χ4v) is 2.53. The number of nitrogens with zero attached hydrogens (tertiary/aromatic N) is 2. The van der Waals surface area contributed by atoms with Crippen LogP contribution < -0.4 is 5.69 Å². The number of ether oxygens (including phenoxy) is 1. The monoisotopic (exact) mass is 331 g/mol. The van der Waals surface area contributed by atoms with Crippen LogP contribution in [-0.2, 0) is 11.3 Å². The van der Waals surface area contributed by atoms with Gasteiger partial charge in [0.25, 0.3) is 0 Å². The Labute approximate surface area is 136 Å². The maximum absolute atomic E-state index is 11.9. The van der Waals surface area contributed by atoms with Crippen LogP contribution in [0, 0.1) is 0 Å². The van der Waals surface area contributed by atoms with E-state index in [4.69, 9.17) is 16.3 Å². The average molecular weight is 332 g/mol. The van der Waals surface area contributed by atoms with E-state index in [1.807, 2.05) is 24.3 Å². The van der Waals surface area contributed by atoms with Crippen LogP contribution in [0.15, 0.2) is 47.4 Å². The van der Waals surface area contributed by atoms with E-state index >= 15 is 0 Å². The van der Waals surface area contributed by atoms with E-state index in [9.17, 15) is 9.59 Å². The predicted octanol–water partition coefficient (Wildman–Crippen LogP) is 2.63. The first-order chi connectivity index (χ1) is 11.2. The lowest BCUT2D eigenvalue weighted by molar-refractivity contribution is 0.0496. The topological polar surface area (TPSA) is 77.0 Å². The predicted molar refractivity (Wildman–Crippen MR) is 86.7 cm³/mol. The minimum absolute atomic E-state index is 0.116. The Morgan fingerprint density at radius 1 is 1.26 bits per heavy atom. The molecule has 2 aromatic heterocycles. The van der Waals surface area contributed by atoms with Crippen molar-refractivity contribution < 1.29 is 9.53 Å². The van der Waals surface area contributed by atoms with Crippen molar-refractivity contribution in [2.24, 2.45) is 0 Å². The molecular weight excluding hydrogens is 318 g/mol. The van der Waals surface area contributed by atoms with Gasteiger partial charge in [-0.25, -0.2) is 14.6 Å². The Morgan fingerprint density at radius 3 is 2.91 bits per heavy atom. The van der Waals surface area contributed by atoms with Gasteiger partial charge in [-0.3, -0.25) is 4.57 Å². The molecule has 0 radical (unpaired) electrons. The molecule has 7 heteroatoms. The van der Waals surface area contributed by atoms with Gasteiger partial charge in [0.05, 0.1) is 23.2 Å². The molecule has 3 aromatic rings. The molecule has 0 saturated carbocycles. The van der Waals surface area contributed by atoms with Crippen LogP contribution in [0.3, 0.4) is 0 Å². The summed E-state index contributed by atoms with van der Waals surface area (Å²) in [6, 6.07) is 10.6. The van der Waals surface area contributed by atoms with Crippen LogP contribution in [0.5, 0.6) is 0 Å². The van der Waals surface area contributed by atoms with Crippen molar-refractivity contribution in [3.05, 3.63) is 63.8 Å². The zero-order valence-electron chi connectivity index (χ0n) is 12.2. The Hall–Kier alpha value is -2.60. The van der Waals surface area contributed by atoms with Crippen molar-refractivity contribution in [2.75, 3.05) is 6.61 Å². The number of fused-ring (bicyclic) bond motifs is 1. The summed E-state index contributed by atoms with van der Waals surface area (Å²) in [5.41, 5.74) is 1.68. The standard InChI is InChI=1S/C16H14ClN3O3/c17-14-11(5-3-8-18-14)15(21)23-10-4-9-20-13-7-2-1-6-12(13)19-16(20)22/h1-3,5-8H,4,9-10H2,(H,19,22). The molecule has 0 amide bonds. The lowest BCUT2D eigenvalue weighted by Gasteiger charge is -2.06. The number of aryl methyl sites for hydroxylation is 1. The number of pyridine rings is 1. The first-order valence-electron chi connectivity index (χ1n) is 7.12. The molecule has 0 unspecified atom stereocenters. The molecule has 118 valence electrons. The Morgan fingerprint density at radius 2 is 2.09 bits per heavy atom. The lowest BCUT2D eigenvalue weighted by atomic mass is 10.3. The van der Waals surface area contributed by atoms with E-state index < -0.39 is 5.97 Å². The summed E-state index contributed by atoms with van der Waals surface area (Å²) in [5.74, 6) is -0.519. The quantitative estimate of drug-likeness (QED) is 0.443. The molecule has 0 spiro atoms. The number of benzene rings is 1. The highest BCUT2D eigenvalue weighted by atomic mass is 35.5. The van der Waals surface area contributed by atoms with Crippen LogP contribution in [0.25, 0.3) is 11.0 Å². The first-order valence-corrected chi connectivity index (χ1v) is 7.50. The van der Waals surface area contributed by atoms with E-state index in [2.05, 4.69) is 9.97 Å². The smallest absolute Gasteiger partial charge is 0.341 e. The average Bonchev–Trinajstić information content (AvgIpc) is 2.87. The summed E-state index contributed by atoms with van der Waals surface area (Å²) in [6.07, 6.45) is 2.02.